The van der Waals surface area contributed by atoms with E-state index in [9.17, 15) is 18.3 Å². The Balaban J connectivity index is 1.93. The van der Waals surface area contributed by atoms with Crippen LogP contribution in [0.25, 0.3) is 22.0 Å². The molecule has 0 unspecified atom stereocenters. The van der Waals surface area contributed by atoms with Crippen LogP contribution in [0.5, 0.6) is 0 Å². The number of hydrogen-bond acceptors (Lipinski definition) is 4. The van der Waals surface area contributed by atoms with Crippen LogP contribution in [0.4, 0.5) is 10.1 Å². The van der Waals surface area contributed by atoms with Crippen LogP contribution >= 0.6 is 0 Å². The van der Waals surface area contributed by atoms with Crippen LogP contribution in [0.3, 0.4) is 0 Å². The highest BCUT2D eigenvalue weighted by atomic mass is 32.2. The highest BCUT2D eigenvalue weighted by Gasteiger charge is 2.33. The van der Waals surface area contributed by atoms with Crippen molar-refractivity contribution in [2.24, 2.45) is 11.7 Å². The van der Waals surface area contributed by atoms with Crippen LogP contribution in [0.15, 0.2) is 42.3 Å². The van der Waals surface area contributed by atoms with Crippen molar-refractivity contribution in [3.05, 3.63) is 65.0 Å². The van der Waals surface area contributed by atoms with Gasteiger partial charge in [-0.3, -0.25) is 9.52 Å². The fourth-order valence-corrected chi connectivity index (χ4v) is 5.34. The standard InChI is InChI=1S/C25H28FN3O4S/c1-4-34(32,33)29-17-7-5-6-14(10-17)22-19(26)11-15(12-21(27)30)24-23(22)18-9-8-16(25(2,3)31)13-20(18)28-24/h4-7,10-11,16,28-29,31H,1,8-9,12-13H2,2-3H3,(H2,27,30)/t16-/m1/s1. The van der Waals surface area contributed by atoms with Crippen LogP contribution < -0.4 is 10.5 Å². The van der Waals surface area contributed by atoms with Gasteiger partial charge in [0.25, 0.3) is 10.0 Å². The third kappa shape index (κ3) is 4.58. The minimum Gasteiger partial charge on any atom is -0.390 e. The van der Waals surface area contributed by atoms with Crippen molar-refractivity contribution in [1.82, 2.24) is 4.98 Å². The van der Waals surface area contributed by atoms with E-state index in [1.54, 1.807) is 38.1 Å². The molecule has 1 heterocycles. The number of benzene rings is 2. The second kappa shape index (κ2) is 8.56. The van der Waals surface area contributed by atoms with Crippen molar-refractivity contribution in [2.75, 3.05) is 4.72 Å². The van der Waals surface area contributed by atoms with E-state index in [2.05, 4.69) is 16.3 Å². The van der Waals surface area contributed by atoms with Crippen molar-refractivity contribution in [1.29, 1.82) is 0 Å². The maximum atomic E-state index is 15.6. The summed E-state index contributed by atoms with van der Waals surface area (Å²) in [6, 6.07) is 7.79. The first-order chi connectivity index (χ1) is 15.9. The summed E-state index contributed by atoms with van der Waals surface area (Å²) >= 11 is 0. The number of carbonyl (C=O) groups excluding carboxylic acids is 1. The lowest BCUT2D eigenvalue weighted by molar-refractivity contribution is -0.117. The van der Waals surface area contributed by atoms with E-state index in [1.807, 2.05) is 0 Å². The summed E-state index contributed by atoms with van der Waals surface area (Å²) in [5.74, 6) is -1.08. The van der Waals surface area contributed by atoms with Crippen molar-refractivity contribution in [3.63, 3.8) is 0 Å². The monoisotopic (exact) mass is 485 g/mol. The second-order valence-corrected chi connectivity index (χ2v) is 11.0. The molecule has 1 aromatic heterocycles. The maximum Gasteiger partial charge on any atom is 0.254 e. The quantitative estimate of drug-likeness (QED) is 0.407. The molecule has 1 amide bonds. The first kappa shape index (κ1) is 24.0. The number of aromatic amines is 1. The number of amides is 1. The summed E-state index contributed by atoms with van der Waals surface area (Å²) in [7, 11) is -3.73. The number of rotatable bonds is 7. The number of anilines is 1. The first-order valence-electron chi connectivity index (χ1n) is 11.0. The SMILES string of the molecule is C=CS(=O)(=O)Nc1cccc(-c2c(F)cc(CC(N)=O)c3[nH]c4c(c23)CC[C@@H](C(C)(C)O)C4)c1. The number of nitrogens with two attached hydrogens (primary N) is 1. The van der Waals surface area contributed by atoms with Gasteiger partial charge >= 0.3 is 0 Å². The highest BCUT2D eigenvalue weighted by molar-refractivity contribution is 7.95. The predicted molar refractivity (Wildman–Crippen MR) is 131 cm³/mol. The molecule has 180 valence electrons. The molecule has 0 radical (unpaired) electrons. The molecule has 3 aromatic rings. The Morgan fingerprint density at radius 1 is 1.38 bits per heavy atom. The van der Waals surface area contributed by atoms with E-state index >= 15 is 4.39 Å². The lowest BCUT2D eigenvalue weighted by Gasteiger charge is -2.32. The van der Waals surface area contributed by atoms with Gasteiger partial charge in [-0.05, 0) is 73.9 Å². The molecule has 0 bridgehead atoms. The van der Waals surface area contributed by atoms with Crippen LogP contribution in [0.1, 0.15) is 37.1 Å². The molecule has 7 nitrogen and oxygen atoms in total. The smallest absolute Gasteiger partial charge is 0.254 e. The third-order valence-electron chi connectivity index (χ3n) is 6.49. The summed E-state index contributed by atoms with van der Waals surface area (Å²) in [6.07, 6.45) is 1.81. The number of primary amides is 1. The summed E-state index contributed by atoms with van der Waals surface area (Å²) in [4.78, 5) is 15.1. The molecule has 1 atom stereocenters. The molecule has 0 aliphatic heterocycles. The minimum absolute atomic E-state index is 0.0255. The summed E-state index contributed by atoms with van der Waals surface area (Å²) < 4.78 is 41.9. The number of aliphatic hydroxyl groups is 1. The van der Waals surface area contributed by atoms with E-state index in [-0.39, 0.29) is 18.0 Å². The largest absolute Gasteiger partial charge is 0.390 e. The van der Waals surface area contributed by atoms with Crippen LogP contribution in [0.2, 0.25) is 0 Å². The maximum absolute atomic E-state index is 15.6. The summed E-state index contributed by atoms with van der Waals surface area (Å²) in [5, 5.41) is 12.0. The highest BCUT2D eigenvalue weighted by Crippen LogP contribution is 2.42. The van der Waals surface area contributed by atoms with Crippen LogP contribution in [0, 0.1) is 11.7 Å². The van der Waals surface area contributed by atoms with Crippen LogP contribution in [-0.2, 0) is 34.1 Å². The number of aromatic nitrogens is 1. The molecule has 5 N–H and O–H groups in total. The number of halogens is 1. The van der Waals surface area contributed by atoms with Gasteiger partial charge in [0.1, 0.15) is 5.82 Å². The Morgan fingerprint density at radius 3 is 2.76 bits per heavy atom. The lowest BCUT2D eigenvalue weighted by Crippen LogP contribution is -2.34. The number of sulfonamides is 1. The Bertz CT molecular complexity index is 1400. The predicted octanol–water partition coefficient (Wildman–Crippen LogP) is 3.76. The average Bonchev–Trinajstić information content (AvgIpc) is 3.12. The number of nitrogens with one attached hydrogen (secondary N) is 2. The zero-order chi connectivity index (χ0) is 24.8. The molecule has 0 saturated heterocycles. The Kier molecular flexibility index (Phi) is 6.03. The number of H-pyrrole nitrogens is 1. The van der Waals surface area contributed by atoms with Gasteiger partial charge in [-0.2, -0.15) is 0 Å². The van der Waals surface area contributed by atoms with E-state index in [0.717, 1.165) is 23.1 Å². The van der Waals surface area contributed by atoms with Gasteiger partial charge in [0.2, 0.25) is 5.91 Å². The molecule has 0 spiro atoms. The normalized spacial score (nSPS) is 16.3. The third-order valence-corrected chi connectivity index (χ3v) is 7.45. The van der Waals surface area contributed by atoms with E-state index in [0.29, 0.717) is 40.4 Å². The average molecular weight is 486 g/mol. The van der Waals surface area contributed by atoms with E-state index < -0.39 is 27.3 Å². The number of aryl methyl sites for hydroxylation is 1. The minimum atomic E-state index is -3.73. The molecule has 34 heavy (non-hydrogen) atoms. The zero-order valence-corrected chi connectivity index (χ0v) is 19.9. The molecule has 0 saturated carbocycles. The fraction of sp³-hybridized carbons (Fsp3) is 0.320. The van der Waals surface area contributed by atoms with Crippen LogP contribution in [-0.4, -0.2) is 30.0 Å². The van der Waals surface area contributed by atoms with Crippen molar-refractivity contribution in [3.8, 4) is 11.1 Å². The molecular formula is C25H28FN3O4S. The first-order valence-corrected chi connectivity index (χ1v) is 12.6. The van der Waals surface area contributed by atoms with Gasteiger partial charge in [-0.15, -0.1) is 0 Å². The van der Waals surface area contributed by atoms with Crippen molar-refractivity contribution in [2.45, 2.75) is 45.1 Å². The molecule has 0 fully saturated rings. The summed E-state index contributed by atoms with van der Waals surface area (Å²) in [5.41, 5.74) is 8.58. The molecule has 1 aliphatic carbocycles. The Morgan fingerprint density at radius 2 is 2.12 bits per heavy atom. The van der Waals surface area contributed by atoms with E-state index in [4.69, 9.17) is 5.73 Å². The Labute approximate surface area is 197 Å². The number of hydrogen-bond donors (Lipinski definition) is 4. The van der Waals surface area contributed by atoms with Crippen molar-refractivity contribution < 1.29 is 22.7 Å². The molecule has 1 aliphatic rings. The number of carbonyl (C=O) groups is 1. The van der Waals surface area contributed by atoms with Gasteiger partial charge in [-0.25, -0.2) is 12.8 Å². The number of fused-ring (bicyclic) bond motifs is 3. The topological polar surface area (TPSA) is 125 Å². The molecule has 2 aromatic carbocycles. The second-order valence-electron chi connectivity index (χ2n) is 9.36. The van der Waals surface area contributed by atoms with Crippen molar-refractivity contribution >= 4 is 32.5 Å². The molecular weight excluding hydrogens is 457 g/mol. The zero-order valence-electron chi connectivity index (χ0n) is 19.1. The lowest BCUT2D eigenvalue weighted by atomic mass is 9.77. The van der Waals surface area contributed by atoms with Gasteiger partial charge in [0.15, 0.2) is 0 Å². The molecule has 9 heteroatoms. The van der Waals surface area contributed by atoms with Gasteiger partial charge in [0, 0.05) is 27.7 Å². The molecule has 4 rings (SSSR count). The van der Waals surface area contributed by atoms with E-state index in [1.165, 1.54) is 6.07 Å². The Hall–Kier alpha value is -3.17. The summed E-state index contributed by atoms with van der Waals surface area (Å²) in [6.45, 7) is 6.86. The fourth-order valence-electron chi connectivity index (χ4n) is 4.80. The van der Waals surface area contributed by atoms with Gasteiger partial charge in [0.05, 0.1) is 17.5 Å². The van der Waals surface area contributed by atoms with Gasteiger partial charge < -0.3 is 15.8 Å². The van der Waals surface area contributed by atoms with Gasteiger partial charge in [-0.1, -0.05) is 18.7 Å².